The first-order valence-electron chi connectivity index (χ1n) is 12.8. The van der Waals surface area contributed by atoms with Crippen molar-refractivity contribution in [2.45, 2.75) is 87.8 Å². The molecule has 0 aromatic rings. The molecule has 4 amide bonds. The number of azide groups is 2. The fourth-order valence-corrected chi connectivity index (χ4v) is 5.03. The van der Waals surface area contributed by atoms with Gasteiger partial charge in [-0.15, -0.1) is 0 Å². The van der Waals surface area contributed by atoms with Gasteiger partial charge in [0.2, 0.25) is 5.85 Å². The predicted molar refractivity (Wildman–Crippen MR) is 140 cm³/mol. The van der Waals surface area contributed by atoms with Gasteiger partial charge in [-0.05, 0) is 37.1 Å². The van der Waals surface area contributed by atoms with Crippen molar-refractivity contribution >= 4 is 12.1 Å². The van der Waals surface area contributed by atoms with E-state index >= 15 is 0 Å². The standard InChI is InChI=1S/C12H19FN6O2.C10H15FN6O4/c1-4-12(13)7(2)11(3,17-18-15)9(21-12)19-6-5-8(14)16-10(19)20;1-9(15-16-13)6(19)10(11,4-18)21-7(9)17-3-2-5(12)14-8(17)20/h5-9H,4,14H2,1-3H3,(H,16,20);2-3,5-7,18-19H,4,12H2,1H3,(H,14,20)/t7-,8?,9+,11+,12+;5?,6-,7+,9+,10+/m00/s1. The Morgan fingerprint density at radius 2 is 1.40 bits per heavy atom. The number of urea groups is 2. The Kier molecular flexibility index (Phi) is 9.26. The van der Waals surface area contributed by atoms with E-state index in [0.717, 1.165) is 4.90 Å². The van der Waals surface area contributed by atoms with Crippen LogP contribution in [0.4, 0.5) is 18.4 Å². The average molecular weight is 601 g/mol. The van der Waals surface area contributed by atoms with Gasteiger partial charge < -0.3 is 41.8 Å². The van der Waals surface area contributed by atoms with Gasteiger partial charge in [0.1, 0.15) is 18.2 Å². The van der Waals surface area contributed by atoms with E-state index in [1.165, 1.54) is 36.4 Å². The number of nitrogens with one attached hydrogen (secondary N) is 2. The van der Waals surface area contributed by atoms with Crippen molar-refractivity contribution in [2.24, 2.45) is 27.6 Å². The molecule has 10 atom stereocenters. The molecular weight excluding hydrogens is 566 g/mol. The summed E-state index contributed by atoms with van der Waals surface area (Å²) < 4.78 is 39.6. The number of nitrogens with two attached hydrogens (primary N) is 2. The largest absolute Gasteiger partial charge is 0.390 e. The molecule has 0 aromatic carbocycles. The zero-order valence-electron chi connectivity index (χ0n) is 23.2. The second kappa shape index (κ2) is 11.9. The lowest BCUT2D eigenvalue weighted by Crippen LogP contribution is -2.58. The molecule has 4 heterocycles. The normalized spacial score (nSPS) is 42.6. The average Bonchev–Trinajstić information content (AvgIpc) is 3.25. The molecule has 4 aliphatic rings. The number of halogens is 2. The highest BCUT2D eigenvalue weighted by molar-refractivity contribution is 5.78. The number of rotatable bonds is 6. The second-order valence-electron chi connectivity index (χ2n) is 10.4. The number of amides is 4. The zero-order chi connectivity index (χ0) is 31.7. The summed E-state index contributed by atoms with van der Waals surface area (Å²) in [4.78, 5) is 31.4. The fraction of sp³-hybridized carbons (Fsp3) is 0.727. The molecule has 20 heteroatoms. The molecule has 42 heavy (non-hydrogen) atoms. The van der Waals surface area contributed by atoms with Gasteiger partial charge in [0, 0.05) is 34.6 Å². The van der Waals surface area contributed by atoms with Crippen LogP contribution in [0, 0.1) is 5.92 Å². The van der Waals surface area contributed by atoms with E-state index in [-0.39, 0.29) is 6.42 Å². The van der Waals surface area contributed by atoms with Crippen LogP contribution in [0.25, 0.3) is 20.9 Å². The first-order chi connectivity index (χ1) is 19.6. The number of carbonyl (C=O) groups excluding carboxylic acids is 2. The Morgan fingerprint density at radius 3 is 1.81 bits per heavy atom. The maximum atomic E-state index is 14.8. The molecule has 232 valence electrons. The Bertz CT molecular complexity index is 1140. The third-order valence-corrected chi connectivity index (χ3v) is 7.78. The van der Waals surface area contributed by atoms with Gasteiger partial charge in [-0.3, -0.25) is 9.80 Å². The number of alkyl halides is 2. The molecule has 0 saturated carbocycles. The minimum atomic E-state index is -2.86. The van der Waals surface area contributed by atoms with Crippen LogP contribution in [0.15, 0.2) is 34.8 Å². The third kappa shape index (κ3) is 5.53. The lowest BCUT2D eigenvalue weighted by atomic mass is 9.83. The van der Waals surface area contributed by atoms with Crippen molar-refractivity contribution in [3.63, 3.8) is 0 Å². The van der Waals surface area contributed by atoms with Crippen LogP contribution in [-0.2, 0) is 9.47 Å². The SMILES string of the molecule is CC[C@@]1(F)O[C@@H](N2C=CC(N)NC2=O)[C@](C)(N=[N+]=[N-])[C@@H]1C.C[C@]1(N=[N+]=[N-])[C@H](N2C=CC(N)NC2=O)O[C@](F)(CO)[C@H]1O. The number of carbonyl (C=O) groups is 2. The maximum absolute atomic E-state index is 14.8. The van der Waals surface area contributed by atoms with Crippen molar-refractivity contribution < 1.29 is 38.1 Å². The monoisotopic (exact) mass is 600 g/mol. The van der Waals surface area contributed by atoms with Crippen LogP contribution < -0.4 is 22.1 Å². The molecule has 0 aliphatic carbocycles. The van der Waals surface area contributed by atoms with Crippen LogP contribution in [-0.4, -0.2) is 92.4 Å². The number of hydrogen-bond donors (Lipinski definition) is 6. The maximum Gasteiger partial charge on any atom is 0.325 e. The zero-order valence-corrected chi connectivity index (χ0v) is 23.2. The molecule has 18 nitrogen and oxygen atoms in total. The van der Waals surface area contributed by atoms with Gasteiger partial charge in [0.25, 0.3) is 5.85 Å². The molecule has 0 radical (unpaired) electrons. The predicted octanol–water partition coefficient (Wildman–Crippen LogP) is 1.20. The van der Waals surface area contributed by atoms with E-state index in [9.17, 15) is 23.5 Å². The Labute approximate surface area is 238 Å². The lowest BCUT2D eigenvalue weighted by Gasteiger charge is -2.36. The van der Waals surface area contributed by atoms with Crippen molar-refractivity contribution in [3.8, 4) is 0 Å². The summed E-state index contributed by atoms with van der Waals surface area (Å²) in [5, 5.41) is 31.0. The molecule has 8 N–H and O–H groups in total. The molecule has 0 spiro atoms. The number of hydrogen-bond acceptors (Lipinski definition) is 10. The van der Waals surface area contributed by atoms with E-state index in [4.69, 9.17) is 37.1 Å². The summed E-state index contributed by atoms with van der Waals surface area (Å²) in [5.41, 5.74) is 25.4. The topological polar surface area (TPSA) is 273 Å². The molecule has 0 bridgehead atoms. The van der Waals surface area contributed by atoms with Crippen LogP contribution in [0.3, 0.4) is 0 Å². The van der Waals surface area contributed by atoms with Crippen molar-refractivity contribution in [2.75, 3.05) is 6.61 Å². The van der Waals surface area contributed by atoms with E-state index in [0.29, 0.717) is 0 Å². The smallest absolute Gasteiger partial charge is 0.325 e. The van der Waals surface area contributed by atoms with Crippen LogP contribution in [0.1, 0.15) is 34.1 Å². The summed E-state index contributed by atoms with van der Waals surface area (Å²) in [5.74, 6) is -5.55. The molecule has 4 aliphatic heterocycles. The molecule has 2 unspecified atom stereocenters. The van der Waals surface area contributed by atoms with Crippen molar-refractivity contribution in [3.05, 3.63) is 45.4 Å². The molecule has 2 saturated heterocycles. The molecule has 2 fully saturated rings. The Hall–Kier alpha value is -3.74. The minimum Gasteiger partial charge on any atom is -0.390 e. The van der Waals surface area contributed by atoms with E-state index in [2.05, 4.69) is 30.7 Å². The second-order valence-corrected chi connectivity index (χ2v) is 10.4. The molecule has 4 rings (SSSR count). The van der Waals surface area contributed by atoms with Crippen molar-refractivity contribution in [1.82, 2.24) is 20.4 Å². The van der Waals surface area contributed by atoms with Crippen LogP contribution >= 0.6 is 0 Å². The summed E-state index contributed by atoms with van der Waals surface area (Å²) >= 11 is 0. The van der Waals surface area contributed by atoms with Gasteiger partial charge in [-0.1, -0.05) is 24.1 Å². The summed E-state index contributed by atoms with van der Waals surface area (Å²) in [6, 6.07) is -1.24. The Balaban J connectivity index is 0.000000230. The number of aliphatic hydroxyl groups is 2. The lowest BCUT2D eigenvalue weighted by molar-refractivity contribution is -0.208. The van der Waals surface area contributed by atoms with Gasteiger partial charge >= 0.3 is 12.1 Å². The van der Waals surface area contributed by atoms with E-state index in [1.807, 2.05) is 0 Å². The Morgan fingerprint density at radius 1 is 0.976 bits per heavy atom. The van der Waals surface area contributed by atoms with Gasteiger partial charge in [-0.2, -0.15) is 0 Å². The molecule has 0 aromatic heterocycles. The van der Waals surface area contributed by atoms with Gasteiger partial charge in [0.05, 0.1) is 17.9 Å². The highest BCUT2D eigenvalue weighted by atomic mass is 19.2. The highest BCUT2D eigenvalue weighted by Crippen LogP contribution is 2.49. The first-order valence-corrected chi connectivity index (χ1v) is 12.8. The van der Waals surface area contributed by atoms with E-state index < -0.39 is 78.3 Å². The summed E-state index contributed by atoms with van der Waals surface area (Å²) in [6.07, 6.45) is -0.129. The molecular formula is C22H34F2N12O6. The third-order valence-electron chi connectivity index (χ3n) is 7.78. The minimum absolute atomic E-state index is 0.0832. The summed E-state index contributed by atoms with van der Waals surface area (Å²) in [7, 11) is 0. The van der Waals surface area contributed by atoms with Gasteiger partial charge in [-0.25, -0.2) is 18.4 Å². The fourth-order valence-electron chi connectivity index (χ4n) is 5.03. The quantitative estimate of drug-likeness (QED) is 0.146. The number of aliphatic hydroxyl groups excluding tert-OH is 2. The first kappa shape index (κ1) is 32.8. The van der Waals surface area contributed by atoms with Crippen LogP contribution in [0.5, 0.6) is 0 Å². The van der Waals surface area contributed by atoms with Gasteiger partial charge in [0.15, 0.2) is 12.5 Å². The highest BCUT2D eigenvalue weighted by Gasteiger charge is 2.65. The van der Waals surface area contributed by atoms with E-state index in [1.54, 1.807) is 20.8 Å². The van der Waals surface area contributed by atoms with Crippen LogP contribution in [0.2, 0.25) is 0 Å². The summed E-state index contributed by atoms with van der Waals surface area (Å²) in [6.45, 7) is 4.87. The number of ether oxygens (including phenoxy) is 2. The van der Waals surface area contributed by atoms with Crippen molar-refractivity contribution in [1.29, 1.82) is 0 Å². The number of nitrogens with zero attached hydrogens (tertiary/aromatic N) is 8.